The monoisotopic (exact) mass is 416 g/mol. The Balaban J connectivity index is 1.52. The molecule has 0 unspecified atom stereocenters. The fraction of sp³-hybridized carbons (Fsp3) is 0.333. The van der Waals surface area contributed by atoms with Gasteiger partial charge in [-0.15, -0.1) is 0 Å². The van der Waals surface area contributed by atoms with E-state index in [0.29, 0.717) is 29.5 Å². The van der Waals surface area contributed by atoms with Gasteiger partial charge < -0.3 is 24.8 Å². The van der Waals surface area contributed by atoms with Gasteiger partial charge >= 0.3 is 6.03 Å². The summed E-state index contributed by atoms with van der Waals surface area (Å²) in [5, 5.41) is 3.60. The number of carbonyl (C=O) groups is 2. The zero-order valence-electron chi connectivity index (χ0n) is 16.6. The second kappa shape index (κ2) is 9.52. The number of carbonyl (C=O) groups excluding carboxylic acids is 2. The summed E-state index contributed by atoms with van der Waals surface area (Å²) in [5.74, 6) is 0.404. The standard InChI is InChI=1S/C21H25ClN4O3/c1-24(2)20(27)15-29-19-8-4-6-17(14-19)23-21(28)26-11-9-25(10-12-26)18-7-3-5-16(22)13-18/h3-8,13-14H,9-12,15H2,1-2H3,(H,23,28). The molecule has 1 saturated heterocycles. The fourth-order valence-corrected chi connectivity index (χ4v) is 3.17. The maximum Gasteiger partial charge on any atom is 0.321 e. The lowest BCUT2D eigenvalue weighted by Crippen LogP contribution is -2.50. The molecule has 1 fully saturated rings. The highest BCUT2D eigenvalue weighted by Gasteiger charge is 2.21. The molecule has 0 aromatic heterocycles. The molecule has 0 atom stereocenters. The minimum absolute atomic E-state index is 0.0458. The highest BCUT2D eigenvalue weighted by molar-refractivity contribution is 6.30. The molecule has 0 saturated carbocycles. The summed E-state index contributed by atoms with van der Waals surface area (Å²) >= 11 is 6.07. The number of hydrogen-bond acceptors (Lipinski definition) is 4. The molecule has 0 radical (unpaired) electrons. The predicted molar refractivity (Wildman–Crippen MR) is 115 cm³/mol. The number of amides is 3. The van der Waals surface area contributed by atoms with Crippen molar-refractivity contribution in [2.24, 2.45) is 0 Å². The number of hydrogen-bond donors (Lipinski definition) is 1. The van der Waals surface area contributed by atoms with Crippen molar-refractivity contribution >= 4 is 34.9 Å². The Morgan fingerprint density at radius 1 is 1.07 bits per heavy atom. The minimum Gasteiger partial charge on any atom is -0.484 e. The molecule has 0 spiro atoms. The maximum atomic E-state index is 12.6. The first-order valence-corrected chi connectivity index (χ1v) is 9.79. The van der Waals surface area contributed by atoms with Crippen LogP contribution in [0.15, 0.2) is 48.5 Å². The maximum absolute atomic E-state index is 12.6. The molecular formula is C21H25ClN4O3. The van der Waals surface area contributed by atoms with Crippen LogP contribution in [-0.4, -0.2) is 68.6 Å². The van der Waals surface area contributed by atoms with E-state index in [9.17, 15) is 9.59 Å². The van der Waals surface area contributed by atoms with Crippen molar-refractivity contribution in [3.05, 3.63) is 53.6 Å². The van der Waals surface area contributed by atoms with Gasteiger partial charge in [-0.1, -0.05) is 23.7 Å². The second-order valence-electron chi connectivity index (χ2n) is 6.99. The number of benzene rings is 2. The second-order valence-corrected chi connectivity index (χ2v) is 7.43. The number of halogens is 1. The third kappa shape index (κ3) is 5.77. The van der Waals surface area contributed by atoms with Crippen LogP contribution < -0.4 is 15.0 Å². The van der Waals surface area contributed by atoms with Gasteiger partial charge in [-0.3, -0.25) is 4.79 Å². The van der Waals surface area contributed by atoms with Crippen molar-refractivity contribution in [2.45, 2.75) is 0 Å². The molecule has 1 aliphatic heterocycles. The molecule has 3 amide bonds. The molecule has 8 heteroatoms. The van der Waals surface area contributed by atoms with E-state index >= 15 is 0 Å². The van der Waals surface area contributed by atoms with E-state index in [4.69, 9.17) is 16.3 Å². The summed E-state index contributed by atoms with van der Waals surface area (Å²) in [5.41, 5.74) is 1.69. The van der Waals surface area contributed by atoms with Crippen molar-refractivity contribution < 1.29 is 14.3 Å². The van der Waals surface area contributed by atoms with Gasteiger partial charge in [-0.05, 0) is 30.3 Å². The lowest BCUT2D eigenvalue weighted by atomic mass is 10.2. The van der Waals surface area contributed by atoms with Crippen LogP contribution in [0.1, 0.15) is 0 Å². The molecule has 0 aliphatic carbocycles. The number of anilines is 2. The van der Waals surface area contributed by atoms with Crippen molar-refractivity contribution in [3.8, 4) is 5.75 Å². The largest absolute Gasteiger partial charge is 0.484 e. The van der Waals surface area contributed by atoms with Gasteiger partial charge in [0.05, 0.1) is 0 Å². The van der Waals surface area contributed by atoms with Crippen LogP contribution in [0.25, 0.3) is 0 Å². The Kier molecular flexibility index (Phi) is 6.82. The van der Waals surface area contributed by atoms with Gasteiger partial charge in [0.15, 0.2) is 6.61 Å². The fourth-order valence-electron chi connectivity index (χ4n) is 2.98. The van der Waals surface area contributed by atoms with E-state index in [2.05, 4.69) is 10.2 Å². The van der Waals surface area contributed by atoms with Crippen molar-refractivity contribution in [2.75, 3.05) is 57.1 Å². The summed E-state index contributed by atoms with van der Waals surface area (Å²) in [6, 6.07) is 14.6. The summed E-state index contributed by atoms with van der Waals surface area (Å²) in [6.07, 6.45) is 0. The van der Waals surface area contributed by atoms with Crippen molar-refractivity contribution in [1.29, 1.82) is 0 Å². The smallest absolute Gasteiger partial charge is 0.321 e. The van der Waals surface area contributed by atoms with Crippen LogP contribution in [0.5, 0.6) is 5.75 Å². The van der Waals surface area contributed by atoms with Crippen LogP contribution in [-0.2, 0) is 4.79 Å². The number of likely N-dealkylation sites (N-methyl/N-ethyl adjacent to an activating group) is 1. The summed E-state index contributed by atoms with van der Waals surface area (Å²) < 4.78 is 5.50. The molecule has 0 bridgehead atoms. The van der Waals surface area contributed by atoms with Gasteiger partial charge in [-0.25, -0.2) is 4.79 Å². The Labute approximate surface area is 175 Å². The van der Waals surface area contributed by atoms with E-state index in [1.165, 1.54) is 4.90 Å². The molecule has 1 aliphatic rings. The number of urea groups is 1. The SMILES string of the molecule is CN(C)C(=O)COc1cccc(NC(=O)N2CCN(c3cccc(Cl)c3)CC2)c1. The van der Waals surface area contributed by atoms with E-state index < -0.39 is 0 Å². The third-order valence-electron chi connectivity index (χ3n) is 4.69. The molecule has 154 valence electrons. The van der Waals surface area contributed by atoms with Crippen molar-refractivity contribution in [1.82, 2.24) is 9.80 Å². The Morgan fingerprint density at radius 3 is 2.48 bits per heavy atom. The average molecular weight is 417 g/mol. The Morgan fingerprint density at radius 2 is 1.79 bits per heavy atom. The van der Waals surface area contributed by atoms with Crippen LogP contribution in [0.3, 0.4) is 0 Å². The number of ether oxygens (including phenoxy) is 1. The van der Waals surface area contributed by atoms with E-state index in [0.717, 1.165) is 18.8 Å². The lowest BCUT2D eigenvalue weighted by molar-refractivity contribution is -0.130. The van der Waals surface area contributed by atoms with Crippen LogP contribution >= 0.6 is 11.6 Å². The average Bonchev–Trinajstić information content (AvgIpc) is 2.72. The van der Waals surface area contributed by atoms with Crippen LogP contribution in [0.2, 0.25) is 5.02 Å². The van der Waals surface area contributed by atoms with Crippen LogP contribution in [0, 0.1) is 0 Å². The van der Waals surface area contributed by atoms with Crippen LogP contribution in [0.4, 0.5) is 16.2 Å². The Bertz CT molecular complexity index is 867. The highest BCUT2D eigenvalue weighted by Crippen LogP contribution is 2.22. The topological polar surface area (TPSA) is 65.1 Å². The molecule has 3 rings (SSSR count). The summed E-state index contributed by atoms with van der Waals surface area (Å²) in [4.78, 5) is 29.7. The van der Waals surface area contributed by atoms with Gasteiger partial charge in [-0.2, -0.15) is 0 Å². The van der Waals surface area contributed by atoms with Gasteiger partial charge in [0.2, 0.25) is 0 Å². The molecule has 1 N–H and O–H groups in total. The normalized spacial score (nSPS) is 13.8. The molecule has 1 heterocycles. The number of rotatable bonds is 5. The van der Waals surface area contributed by atoms with Crippen molar-refractivity contribution in [3.63, 3.8) is 0 Å². The minimum atomic E-state index is -0.155. The quantitative estimate of drug-likeness (QED) is 0.813. The predicted octanol–water partition coefficient (Wildman–Crippen LogP) is 3.16. The van der Waals surface area contributed by atoms with Gasteiger partial charge in [0, 0.05) is 62.7 Å². The first-order valence-electron chi connectivity index (χ1n) is 9.42. The van der Waals surface area contributed by atoms with Gasteiger partial charge in [0.1, 0.15) is 5.75 Å². The third-order valence-corrected chi connectivity index (χ3v) is 4.92. The molecular weight excluding hydrogens is 392 g/mol. The number of piperazine rings is 1. The molecule has 7 nitrogen and oxygen atoms in total. The zero-order valence-corrected chi connectivity index (χ0v) is 17.4. The highest BCUT2D eigenvalue weighted by atomic mass is 35.5. The summed E-state index contributed by atoms with van der Waals surface area (Å²) in [6.45, 7) is 2.67. The van der Waals surface area contributed by atoms with Gasteiger partial charge in [0.25, 0.3) is 5.91 Å². The molecule has 2 aromatic rings. The first kappa shape index (κ1) is 20.8. The van der Waals surface area contributed by atoms with E-state index in [-0.39, 0.29) is 18.5 Å². The summed E-state index contributed by atoms with van der Waals surface area (Å²) in [7, 11) is 3.35. The first-order chi connectivity index (χ1) is 13.9. The Hall–Kier alpha value is -2.93. The molecule has 29 heavy (non-hydrogen) atoms. The lowest BCUT2D eigenvalue weighted by Gasteiger charge is -2.36. The number of nitrogens with zero attached hydrogens (tertiary/aromatic N) is 3. The molecule has 2 aromatic carbocycles. The zero-order chi connectivity index (χ0) is 20.8. The van der Waals surface area contributed by atoms with E-state index in [1.54, 1.807) is 43.3 Å². The van der Waals surface area contributed by atoms with E-state index in [1.807, 2.05) is 24.3 Å². The number of nitrogens with one attached hydrogen (secondary N) is 1.